The molecule has 0 unspecified atom stereocenters. The summed E-state index contributed by atoms with van der Waals surface area (Å²) < 4.78 is 1.46. The van der Waals surface area contributed by atoms with Gasteiger partial charge >= 0.3 is 0 Å². The van der Waals surface area contributed by atoms with Gasteiger partial charge in [-0.2, -0.15) is 4.68 Å². The van der Waals surface area contributed by atoms with Crippen molar-refractivity contribution in [2.45, 2.75) is 25.9 Å². The highest BCUT2D eigenvalue weighted by molar-refractivity contribution is 6.28. The topological polar surface area (TPSA) is 67.7 Å². The molecule has 0 amide bonds. The van der Waals surface area contributed by atoms with Crippen molar-refractivity contribution in [2.24, 2.45) is 0 Å². The molecule has 1 aromatic heterocycles. The summed E-state index contributed by atoms with van der Waals surface area (Å²) in [6.07, 6.45) is 0. The summed E-state index contributed by atoms with van der Waals surface area (Å²) in [4.78, 5) is 0. The Bertz CT molecular complexity index is 507. The van der Waals surface area contributed by atoms with Crippen LogP contribution in [0.15, 0.2) is 30.3 Å². The highest BCUT2D eigenvalue weighted by Crippen LogP contribution is 2.09. The minimum absolute atomic E-state index is 0.265. The Hall–Kier alpha value is -1.50. The fourth-order valence-corrected chi connectivity index (χ4v) is 2.19. The van der Waals surface area contributed by atoms with Crippen LogP contribution in [0.5, 0.6) is 0 Å². The molecule has 0 aliphatic carbocycles. The van der Waals surface area contributed by atoms with Gasteiger partial charge in [-0.25, -0.2) is 0 Å². The Kier molecular flexibility index (Phi) is 5.46. The summed E-state index contributed by atoms with van der Waals surface area (Å²) in [6.45, 7) is 6.62. The van der Waals surface area contributed by atoms with E-state index >= 15 is 0 Å². The largest absolute Gasteiger partial charge is 0.314 e. The Morgan fingerprint density at radius 2 is 1.80 bits per heavy atom. The number of tetrazole rings is 1. The molecule has 3 rings (SSSR count). The molecular formula is C13H19ClN6. The van der Waals surface area contributed by atoms with Crippen molar-refractivity contribution in [1.29, 1.82) is 0 Å². The van der Waals surface area contributed by atoms with Crippen molar-refractivity contribution in [3.63, 3.8) is 0 Å². The Morgan fingerprint density at radius 1 is 1.15 bits per heavy atom. The summed E-state index contributed by atoms with van der Waals surface area (Å²) in [7, 11) is 0. The van der Waals surface area contributed by atoms with Crippen molar-refractivity contribution >= 4 is 11.6 Å². The minimum atomic E-state index is 0.265. The van der Waals surface area contributed by atoms with Gasteiger partial charge in [-0.3, -0.25) is 0 Å². The van der Waals surface area contributed by atoms with Crippen molar-refractivity contribution in [2.75, 3.05) is 13.1 Å². The molecule has 2 heterocycles. The summed E-state index contributed by atoms with van der Waals surface area (Å²) in [5.74, 6) is 0. The molecule has 108 valence electrons. The van der Waals surface area contributed by atoms with Crippen LogP contribution in [0.4, 0.5) is 0 Å². The van der Waals surface area contributed by atoms with Gasteiger partial charge in [0.2, 0.25) is 5.28 Å². The first-order valence-electron chi connectivity index (χ1n) is 6.63. The fourth-order valence-electron chi connectivity index (χ4n) is 2.02. The highest BCUT2D eigenvalue weighted by Gasteiger charge is 2.11. The molecule has 2 N–H and O–H groups in total. The maximum Gasteiger partial charge on any atom is 0.247 e. The van der Waals surface area contributed by atoms with Crippen LogP contribution in [0.2, 0.25) is 5.28 Å². The van der Waals surface area contributed by atoms with E-state index in [4.69, 9.17) is 11.6 Å². The number of hydrogen-bond acceptors (Lipinski definition) is 5. The average Bonchev–Trinajstić information content (AvgIpc) is 2.86. The zero-order valence-corrected chi connectivity index (χ0v) is 12.4. The molecule has 6 nitrogen and oxygen atoms in total. The quantitative estimate of drug-likeness (QED) is 0.829. The first-order chi connectivity index (χ1) is 9.66. The van der Waals surface area contributed by atoms with E-state index in [-0.39, 0.29) is 5.28 Å². The molecule has 0 saturated carbocycles. The average molecular weight is 295 g/mol. The molecule has 1 fully saturated rings. The molecule has 20 heavy (non-hydrogen) atoms. The third-order valence-corrected chi connectivity index (χ3v) is 3.14. The predicted molar refractivity (Wildman–Crippen MR) is 79.1 cm³/mol. The van der Waals surface area contributed by atoms with Crippen LogP contribution < -0.4 is 10.6 Å². The van der Waals surface area contributed by atoms with E-state index in [0.29, 0.717) is 12.1 Å². The summed E-state index contributed by atoms with van der Waals surface area (Å²) in [5, 5.41) is 17.7. The van der Waals surface area contributed by atoms with Crippen LogP contribution in [-0.4, -0.2) is 45.4 Å². The van der Waals surface area contributed by atoms with Crippen LogP contribution in [0.3, 0.4) is 0 Å². The lowest BCUT2D eigenvalue weighted by Gasteiger charge is -2.26. The van der Waals surface area contributed by atoms with Crippen LogP contribution in [-0.2, 0) is 0 Å². The number of para-hydroxylation sites is 1. The SMILES string of the molecule is C[C@@H]1CNC[C@H](C)N1.Clc1nnnn1-c1ccccc1. The van der Waals surface area contributed by atoms with Crippen molar-refractivity contribution < 1.29 is 0 Å². The molecule has 0 spiro atoms. The summed E-state index contributed by atoms with van der Waals surface area (Å²) >= 11 is 5.70. The van der Waals surface area contributed by atoms with E-state index in [0.717, 1.165) is 18.8 Å². The smallest absolute Gasteiger partial charge is 0.247 e. The first kappa shape index (κ1) is 14.9. The van der Waals surface area contributed by atoms with E-state index < -0.39 is 0 Å². The maximum absolute atomic E-state index is 5.70. The molecule has 2 aromatic rings. The lowest BCUT2D eigenvalue weighted by atomic mass is 10.2. The Labute approximate surface area is 123 Å². The van der Waals surface area contributed by atoms with Crippen LogP contribution in [0.25, 0.3) is 5.69 Å². The van der Waals surface area contributed by atoms with E-state index in [1.165, 1.54) is 4.68 Å². The Morgan fingerprint density at radius 3 is 2.25 bits per heavy atom. The third-order valence-electron chi connectivity index (χ3n) is 2.90. The van der Waals surface area contributed by atoms with E-state index in [1.807, 2.05) is 30.3 Å². The summed E-state index contributed by atoms with van der Waals surface area (Å²) in [5.41, 5.74) is 0.854. The summed E-state index contributed by atoms with van der Waals surface area (Å²) in [6, 6.07) is 10.8. The number of halogens is 1. The van der Waals surface area contributed by atoms with Gasteiger partial charge in [0, 0.05) is 25.2 Å². The van der Waals surface area contributed by atoms with Gasteiger partial charge in [0.15, 0.2) is 0 Å². The second-order valence-corrected chi connectivity index (χ2v) is 5.16. The monoisotopic (exact) mass is 294 g/mol. The van der Waals surface area contributed by atoms with E-state index in [1.54, 1.807) is 0 Å². The molecule has 1 aliphatic rings. The number of nitrogens with one attached hydrogen (secondary N) is 2. The van der Waals surface area contributed by atoms with Crippen LogP contribution in [0, 0.1) is 0 Å². The number of aromatic nitrogens is 4. The molecule has 0 bridgehead atoms. The number of piperazine rings is 1. The van der Waals surface area contributed by atoms with Gasteiger partial charge in [0.05, 0.1) is 5.69 Å². The normalized spacial score (nSPS) is 21.9. The standard InChI is InChI=1S/C7H5ClN4.C6H14N2/c8-7-9-10-11-12(7)6-4-2-1-3-5-6;1-5-3-7-4-6(2)8-5/h1-5H;5-8H,3-4H2,1-2H3/t;5-,6+. The second kappa shape index (κ2) is 7.33. The van der Waals surface area contributed by atoms with Gasteiger partial charge < -0.3 is 10.6 Å². The van der Waals surface area contributed by atoms with Gasteiger partial charge in [0.1, 0.15) is 0 Å². The molecule has 0 radical (unpaired) electrons. The van der Waals surface area contributed by atoms with E-state index in [9.17, 15) is 0 Å². The van der Waals surface area contributed by atoms with Gasteiger partial charge in [-0.1, -0.05) is 23.3 Å². The second-order valence-electron chi connectivity index (χ2n) is 4.82. The predicted octanol–water partition coefficient (Wildman–Crippen LogP) is 1.27. The first-order valence-corrected chi connectivity index (χ1v) is 7.00. The lowest BCUT2D eigenvalue weighted by Crippen LogP contribution is -2.52. The van der Waals surface area contributed by atoms with Crippen LogP contribution in [0.1, 0.15) is 13.8 Å². The molecular weight excluding hydrogens is 276 g/mol. The Balaban J connectivity index is 0.000000160. The van der Waals surface area contributed by atoms with Crippen molar-refractivity contribution in [3.05, 3.63) is 35.6 Å². The zero-order chi connectivity index (χ0) is 14.4. The van der Waals surface area contributed by atoms with E-state index in [2.05, 4.69) is 40.0 Å². The number of nitrogens with zero attached hydrogens (tertiary/aromatic N) is 4. The van der Waals surface area contributed by atoms with Crippen LogP contribution >= 0.6 is 11.6 Å². The van der Waals surface area contributed by atoms with Crippen molar-refractivity contribution in [1.82, 2.24) is 30.8 Å². The fraction of sp³-hybridized carbons (Fsp3) is 0.462. The zero-order valence-electron chi connectivity index (χ0n) is 11.6. The van der Waals surface area contributed by atoms with Gasteiger partial charge in [-0.15, -0.1) is 0 Å². The number of hydrogen-bond donors (Lipinski definition) is 2. The van der Waals surface area contributed by atoms with Crippen molar-refractivity contribution in [3.8, 4) is 5.69 Å². The highest BCUT2D eigenvalue weighted by atomic mass is 35.5. The van der Waals surface area contributed by atoms with Gasteiger partial charge in [0.25, 0.3) is 0 Å². The minimum Gasteiger partial charge on any atom is -0.314 e. The number of benzene rings is 1. The molecule has 7 heteroatoms. The molecule has 1 aromatic carbocycles. The molecule has 1 saturated heterocycles. The lowest BCUT2D eigenvalue weighted by molar-refractivity contribution is 0.370. The molecule has 2 atom stereocenters. The maximum atomic E-state index is 5.70. The third kappa shape index (κ3) is 4.26. The van der Waals surface area contributed by atoms with Gasteiger partial charge in [-0.05, 0) is 48.0 Å². The number of rotatable bonds is 1. The molecule has 1 aliphatic heterocycles.